The molecule has 0 radical (unpaired) electrons. The molecule has 3 heteroatoms. The van der Waals surface area contributed by atoms with Gasteiger partial charge in [-0.15, -0.1) is 0 Å². The molecule has 0 saturated carbocycles. The molecule has 3 nitrogen and oxygen atoms in total. The molecule has 3 aromatic rings. The molecule has 1 aromatic heterocycles. The van der Waals surface area contributed by atoms with Gasteiger partial charge < -0.3 is 9.32 Å². The predicted octanol–water partition coefficient (Wildman–Crippen LogP) is 4.22. The van der Waals surface area contributed by atoms with Crippen LogP contribution in [-0.2, 0) is 0 Å². The number of rotatable bonds is 3. The SMILES string of the molecule is CN(C(=O)c1occc1-c1ccccc1)c1ccccc1. The number of para-hydroxylation sites is 1. The van der Waals surface area contributed by atoms with Crippen LogP contribution in [-0.4, -0.2) is 13.0 Å². The second kappa shape index (κ2) is 5.67. The van der Waals surface area contributed by atoms with E-state index < -0.39 is 0 Å². The summed E-state index contributed by atoms with van der Waals surface area (Å²) in [4.78, 5) is 14.2. The Labute approximate surface area is 123 Å². The third-order valence-electron chi connectivity index (χ3n) is 3.39. The Balaban J connectivity index is 1.95. The van der Waals surface area contributed by atoms with Crippen LogP contribution < -0.4 is 4.90 Å². The van der Waals surface area contributed by atoms with Gasteiger partial charge in [-0.25, -0.2) is 0 Å². The van der Waals surface area contributed by atoms with E-state index in [1.54, 1.807) is 18.2 Å². The van der Waals surface area contributed by atoms with Gasteiger partial charge in [0.1, 0.15) is 0 Å². The number of benzene rings is 2. The first-order valence-electron chi connectivity index (χ1n) is 6.73. The molecule has 1 heterocycles. The van der Waals surface area contributed by atoms with Crippen molar-refractivity contribution in [2.45, 2.75) is 0 Å². The molecule has 0 N–H and O–H groups in total. The first kappa shape index (κ1) is 13.2. The van der Waals surface area contributed by atoms with Gasteiger partial charge in [-0.3, -0.25) is 4.79 Å². The maximum absolute atomic E-state index is 12.6. The third kappa shape index (κ3) is 2.58. The number of hydrogen-bond donors (Lipinski definition) is 0. The van der Waals surface area contributed by atoms with Crippen molar-refractivity contribution in [3.05, 3.63) is 78.8 Å². The van der Waals surface area contributed by atoms with E-state index >= 15 is 0 Å². The summed E-state index contributed by atoms with van der Waals surface area (Å²) in [5.41, 5.74) is 2.61. The summed E-state index contributed by atoms with van der Waals surface area (Å²) >= 11 is 0. The molecule has 0 unspecified atom stereocenters. The smallest absolute Gasteiger partial charge is 0.294 e. The average molecular weight is 277 g/mol. The zero-order valence-electron chi connectivity index (χ0n) is 11.7. The normalized spacial score (nSPS) is 10.3. The highest BCUT2D eigenvalue weighted by molar-refractivity contribution is 6.07. The van der Waals surface area contributed by atoms with Crippen LogP contribution in [0.5, 0.6) is 0 Å². The quantitative estimate of drug-likeness (QED) is 0.718. The van der Waals surface area contributed by atoms with E-state index in [1.807, 2.05) is 66.7 Å². The zero-order chi connectivity index (χ0) is 14.7. The number of carbonyl (C=O) groups excluding carboxylic acids is 1. The Morgan fingerprint density at radius 3 is 2.19 bits per heavy atom. The standard InChI is InChI=1S/C18H15NO2/c1-19(15-10-6-3-7-11-15)18(20)17-16(12-13-21-17)14-8-4-2-5-9-14/h2-13H,1H3. The Morgan fingerprint density at radius 1 is 0.905 bits per heavy atom. The van der Waals surface area contributed by atoms with Gasteiger partial charge in [0.05, 0.1) is 6.26 Å². The lowest BCUT2D eigenvalue weighted by molar-refractivity contribution is 0.0967. The molecule has 2 aromatic carbocycles. The minimum Gasteiger partial charge on any atom is -0.458 e. The summed E-state index contributed by atoms with van der Waals surface area (Å²) in [5, 5.41) is 0. The highest BCUT2D eigenvalue weighted by Crippen LogP contribution is 2.26. The van der Waals surface area contributed by atoms with E-state index in [-0.39, 0.29) is 5.91 Å². The average Bonchev–Trinajstić information content (AvgIpc) is 3.04. The topological polar surface area (TPSA) is 33.5 Å². The predicted molar refractivity (Wildman–Crippen MR) is 83.3 cm³/mol. The summed E-state index contributed by atoms with van der Waals surface area (Å²) in [7, 11) is 1.74. The lowest BCUT2D eigenvalue weighted by Gasteiger charge is -2.16. The number of nitrogens with zero attached hydrogens (tertiary/aromatic N) is 1. The molecule has 0 saturated heterocycles. The van der Waals surface area contributed by atoms with Crippen molar-refractivity contribution in [1.29, 1.82) is 0 Å². The molecule has 0 fully saturated rings. The fourth-order valence-corrected chi connectivity index (χ4v) is 2.24. The Kier molecular flexibility index (Phi) is 3.56. The van der Waals surface area contributed by atoms with E-state index in [2.05, 4.69) is 0 Å². The summed E-state index contributed by atoms with van der Waals surface area (Å²) in [5.74, 6) is 0.192. The molecule has 0 spiro atoms. The van der Waals surface area contributed by atoms with Gasteiger partial charge in [0.2, 0.25) is 0 Å². The van der Waals surface area contributed by atoms with E-state index in [1.165, 1.54) is 0 Å². The molecule has 1 amide bonds. The first-order valence-corrected chi connectivity index (χ1v) is 6.73. The fourth-order valence-electron chi connectivity index (χ4n) is 2.24. The number of amides is 1. The highest BCUT2D eigenvalue weighted by Gasteiger charge is 2.21. The lowest BCUT2D eigenvalue weighted by Crippen LogP contribution is -2.26. The maximum atomic E-state index is 12.6. The molecule has 104 valence electrons. The maximum Gasteiger partial charge on any atom is 0.294 e. The molecule has 21 heavy (non-hydrogen) atoms. The first-order chi connectivity index (χ1) is 10.3. The van der Waals surface area contributed by atoms with Crippen LogP contribution in [0.1, 0.15) is 10.6 Å². The molecule has 0 aliphatic rings. The second-order valence-corrected chi connectivity index (χ2v) is 4.73. The molecule has 3 rings (SSSR count). The minimum absolute atomic E-state index is 0.162. The summed E-state index contributed by atoms with van der Waals surface area (Å²) < 4.78 is 5.43. The molecular weight excluding hydrogens is 262 g/mol. The minimum atomic E-state index is -0.162. The van der Waals surface area contributed by atoms with Crippen molar-refractivity contribution in [2.24, 2.45) is 0 Å². The summed E-state index contributed by atoms with van der Waals surface area (Å²) in [6, 6.07) is 21.1. The Hall–Kier alpha value is -2.81. The van der Waals surface area contributed by atoms with Crippen LogP contribution in [0.4, 0.5) is 5.69 Å². The summed E-state index contributed by atoms with van der Waals surface area (Å²) in [6.07, 6.45) is 1.55. The van der Waals surface area contributed by atoms with Crippen LogP contribution >= 0.6 is 0 Å². The van der Waals surface area contributed by atoms with Gasteiger partial charge >= 0.3 is 0 Å². The van der Waals surface area contributed by atoms with Crippen LogP contribution in [0.2, 0.25) is 0 Å². The summed E-state index contributed by atoms with van der Waals surface area (Å²) in [6.45, 7) is 0. The third-order valence-corrected chi connectivity index (χ3v) is 3.39. The lowest BCUT2D eigenvalue weighted by atomic mass is 10.1. The number of hydrogen-bond acceptors (Lipinski definition) is 2. The Morgan fingerprint density at radius 2 is 1.52 bits per heavy atom. The van der Waals surface area contributed by atoms with Gasteiger partial charge in [0.15, 0.2) is 5.76 Å². The Bertz CT molecular complexity index is 732. The van der Waals surface area contributed by atoms with Gasteiger partial charge in [0.25, 0.3) is 5.91 Å². The van der Waals surface area contributed by atoms with Gasteiger partial charge in [0, 0.05) is 18.3 Å². The van der Waals surface area contributed by atoms with E-state index in [4.69, 9.17) is 4.42 Å². The van der Waals surface area contributed by atoms with Gasteiger partial charge in [-0.05, 0) is 23.8 Å². The van der Waals surface area contributed by atoms with Crippen LogP contribution in [0.3, 0.4) is 0 Å². The number of carbonyl (C=O) groups is 1. The van der Waals surface area contributed by atoms with Gasteiger partial charge in [-0.2, -0.15) is 0 Å². The van der Waals surface area contributed by atoms with Crippen LogP contribution in [0.25, 0.3) is 11.1 Å². The monoisotopic (exact) mass is 277 g/mol. The number of furan rings is 1. The molecule has 0 atom stereocenters. The highest BCUT2D eigenvalue weighted by atomic mass is 16.3. The van der Waals surface area contributed by atoms with Crippen molar-refractivity contribution in [3.63, 3.8) is 0 Å². The molecule has 0 bridgehead atoms. The largest absolute Gasteiger partial charge is 0.458 e. The molecule has 0 aliphatic carbocycles. The van der Waals surface area contributed by atoms with Crippen molar-refractivity contribution >= 4 is 11.6 Å². The van der Waals surface area contributed by atoms with Crippen LogP contribution in [0.15, 0.2) is 77.4 Å². The van der Waals surface area contributed by atoms with Crippen molar-refractivity contribution in [1.82, 2.24) is 0 Å². The van der Waals surface area contributed by atoms with E-state index in [9.17, 15) is 4.79 Å². The second-order valence-electron chi connectivity index (χ2n) is 4.73. The van der Waals surface area contributed by atoms with Crippen molar-refractivity contribution in [2.75, 3.05) is 11.9 Å². The molecule has 0 aliphatic heterocycles. The van der Waals surface area contributed by atoms with E-state index in [0.29, 0.717) is 5.76 Å². The van der Waals surface area contributed by atoms with Crippen molar-refractivity contribution in [3.8, 4) is 11.1 Å². The number of anilines is 1. The molecular formula is C18H15NO2. The van der Waals surface area contributed by atoms with E-state index in [0.717, 1.165) is 16.8 Å². The van der Waals surface area contributed by atoms with Crippen LogP contribution in [0, 0.1) is 0 Å². The van der Waals surface area contributed by atoms with Gasteiger partial charge in [-0.1, -0.05) is 48.5 Å². The zero-order valence-corrected chi connectivity index (χ0v) is 11.7. The fraction of sp³-hybridized carbons (Fsp3) is 0.0556. The van der Waals surface area contributed by atoms with Crippen molar-refractivity contribution < 1.29 is 9.21 Å².